The van der Waals surface area contributed by atoms with Crippen molar-refractivity contribution in [2.75, 3.05) is 13.7 Å². The largest absolute Gasteiger partial charge is 0.491 e. The SMILES string of the molecule is CCCCC1N(C)C(c2ncc(OCC)cn2)=C(C(=O)O)N1Cc1ccc(-c2ccccc2-c2noc(=O)[nH]2)cc1. The number of nitrogens with zero attached hydrogens (tertiary/aromatic N) is 5. The standard InChI is InChI=1S/C30H32N6O5/c1-4-6-11-24-35(3)25(28-31-16-21(17-32-28)40-5-2)26(29(37)38)36(24)18-19-12-14-20(15-13-19)22-9-7-8-10-23(22)27-33-30(39)41-34-27/h7-10,12-17,24H,4-6,11,18H2,1-3H3,(H,37,38)(H,33,34,39). The Morgan fingerprint density at radius 3 is 2.39 bits per heavy atom. The van der Waals surface area contributed by atoms with Gasteiger partial charge >= 0.3 is 11.7 Å². The Balaban J connectivity index is 1.47. The highest BCUT2D eigenvalue weighted by molar-refractivity contribution is 5.95. The predicted octanol–water partition coefficient (Wildman–Crippen LogP) is 4.60. The van der Waals surface area contributed by atoms with E-state index in [1.54, 1.807) is 12.4 Å². The van der Waals surface area contributed by atoms with Crippen molar-refractivity contribution in [3.8, 4) is 28.3 Å². The fraction of sp³-hybridized carbons (Fsp3) is 0.300. The first-order valence-electron chi connectivity index (χ1n) is 13.6. The van der Waals surface area contributed by atoms with Gasteiger partial charge in [-0.05, 0) is 36.5 Å². The van der Waals surface area contributed by atoms with Gasteiger partial charge in [0.2, 0.25) is 0 Å². The lowest BCUT2D eigenvalue weighted by Gasteiger charge is -2.32. The summed E-state index contributed by atoms with van der Waals surface area (Å²) < 4.78 is 10.2. The molecular formula is C30H32N6O5. The topological polar surface area (TPSA) is 138 Å². The van der Waals surface area contributed by atoms with E-state index in [2.05, 4.69) is 27.0 Å². The number of carboxylic acid groups (broad SMARTS) is 1. The van der Waals surface area contributed by atoms with Crippen molar-refractivity contribution in [1.29, 1.82) is 0 Å². The summed E-state index contributed by atoms with van der Waals surface area (Å²) in [6.45, 7) is 4.87. The maximum Gasteiger partial charge on any atom is 0.439 e. The van der Waals surface area contributed by atoms with Crippen LogP contribution in [0.2, 0.25) is 0 Å². The Bertz CT molecular complexity index is 1590. The van der Waals surface area contributed by atoms with Crippen LogP contribution in [0.25, 0.3) is 28.2 Å². The second-order valence-corrected chi connectivity index (χ2v) is 9.73. The molecule has 5 rings (SSSR count). The maximum absolute atomic E-state index is 12.7. The number of aliphatic carboxylic acids is 1. The first-order valence-corrected chi connectivity index (χ1v) is 13.6. The number of aromatic amines is 1. The van der Waals surface area contributed by atoms with Crippen LogP contribution in [-0.2, 0) is 11.3 Å². The molecule has 0 bridgehead atoms. The second kappa shape index (κ2) is 12.1. The number of rotatable bonds is 11. The Morgan fingerprint density at radius 1 is 1.07 bits per heavy atom. The predicted molar refractivity (Wildman–Crippen MR) is 152 cm³/mol. The molecule has 0 fully saturated rings. The zero-order valence-electron chi connectivity index (χ0n) is 23.2. The van der Waals surface area contributed by atoms with Crippen molar-refractivity contribution in [3.63, 3.8) is 0 Å². The number of hydrogen-bond donors (Lipinski definition) is 2. The number of H-pyrrole nitrogens is 1. The van der Waals surface area contributed by atoms with Gasteiger partial charge < -0.3 is 19.6 Å². The Morgan fingerprint density at radius 2 is 1.78 bits per heavy atom. The smallest absolute Gasteiger partial charge is 0.439 e. The molecule has 0 saturated carbocycles. The molecule has 0 radical (unpaired) electrons. The highest BCUT2D eigenvalue weighted by atomic mass is 16.5. The lowest BCUT2D eigenvalue weighted by atomic mass is 9.98. The van der Waals surface area contributed by atoms with E-state index in [9.17, 15) is 14.7 Å². The number of unbranched alkanes of at least 4 members (excludes halogenated alkanes) is 1. The summed E-state index contributed by atoms with van der Waals surface area (Å²) in [6, 6.07) is 15.5. The van der Waals surface area contributed by atoms with Gasteiger partial charge in [-0.1, -0.05) is 67.0 Å². The van der Waals surface area contributed by atoms with Gasteiger partial charge in [0, 0.05) is 19.2 Å². The summed E-state index contributed by atoms with van der Waals surface area (Å²) in [4.78, 5) is 39.6. The molecule has 4 aromatic rings. The molecule has 2 aromatic heterocycles. The number of ether oxygens (including phenoxy) is 1. The zero-order chi connectivity index (χ0) is 28.9. The fourth-order valence-corrected chi connectivity index (χ4v) is 5.17. The first-order chi connectivity index (χ1) is 19.9. The minimum Gasteiger partial charge on any atom is -0.491 e. The zero-order valence-corrected chi connectivity index (χ0v) is 23.2. The molecule has 0 spiro atoms. The van der Waals surface area contributed by atoms with E-state index in [1.807, 2.05) is 72.3 Å². The average molecular weight is 557 g/mol. The van der Waals surface area contributed by atoms with Crippen LogP contribution in [-0.4, -0.2) is 60.8 Å². The van der Waals surface area contributed by atoms with Gasteiger partial charge in [-0.15, -0.1) is 0 Å². The lowest BCUT2D eigenvalue weighted by Crippen LogP contribution is -2.39. The third-order valence-corrected chi connectivity index (χ3v) is 7.08. The summed E-state index contributed by atoms with van der Waals surface area (Å²) in [5.74, 6) is -0.416. The minimum absolute atomic E-state index is 0.169. The van der Waals surface area contributed by atoms with Crippen molar-refractivity contribution in [2.24, 2.45) is 0 Å². The van der Waals surface area contributed by atoms with Crippen molar-refractivity contribution in [1.82, 2.24) is 29.9 Å². The Hall–Kier alpha value is -4.93. The van der Waals surface area contributed by atoms with Crippen LogP contribution in [0, 0.1) is 0 Å². The lowest BCUT2D eigenvalue weighted by molar-refractivity contribution is -0.134. The minimum atomic E-state index is -1.03. The Kier molecular flexibility index (Phi) is 8.14. The van der Waals surface area contributed by atoms with Gasteiger partial charge in [-0.3, -0.25) is 9.51 Å². The molecule has 2 N–H and O–H groups in total. The quantitative estimate of drug-likeness (QED) is 0.269. The number of carboxylic acids is 1. The summed E-state index contributed by atoms with van der Waals surface area (Å²) in [5.41, 5.74) is 4.14. The molecular weight excluding hydrogens is 524 g/mol. The van der Waals surface area contributed by atoms with E-state index in [4.69, 9.17) is 9.26 Å². The molecule has 11 nitrogen and oxygen atoms in total. The molecule has 212 valence electrons. The normalized spacial score (nSPS) is 15.0. The third kappa shape index (κ3) is 5.69. The molecule has 0 amide bonds. The summed E-state index contributed by atoms with van der Waals surface area (Å²) in [7, 11) is 1.90. The van der Waals surface area contributed by atoms with E-state index < -0.39 is 11.7 Å². The van der Waals surface area contributed by atoms with Gasteiger partial charge in [0.15, 0.2) is 23.1 Å². The molecule has 1 aliphatic rings. The Labute approximate surface area is 237 Å². The third-order valence-electron chi connectivity index (χ3n) is 7.08. The summed E-state index contributed by atoms with van der Waals surface area (Å²) >= 11 is 0. The molecule has 1 aliphatic heterocycles. The van der Waals surface area contributed by atoms with Gasteiger partial charge in [-0.25, -0.2) is 19.6 Å². The monoisotopic (exact) mass is 556 g/mol. The molecule has 1 atom stereocenters. The molecule has 0 aliphatic carbocycles. The van der Waals surface area contributed by atoms with Gasteiger partial charge in [0.1, 0.15) is 11.9 Å². The van der Waals surface area contributed by atoms with E-state index >= 15 is 0 Å². The van der Waals surface area contributed by atoms with Crippen LogP contribution in [0.4, 0.5) is 0 Å². The van der Waals surface area contributed by atoms with Crippen LogP contribution < -0.4 is 10.5 Å². The van der Waals surface area contributed by atoms with Gasteiger partial charge in [-0.2, -0.15) is 0 Å². The van der Waals surface area contributed by atoms with E-state index in [0.29, 0.717) is 36.2 Å². The second-order valence-electron chi connectivity index (χ2n) is 9.73. The van der Waals surface area contributed by atoms with Crippen molar-refractivity contribution in [3.05, 3.63) is 88.6 Å². The van der Waals surface area contributed by atoms with E-state index in [1.165, 1.54) is 0 Å². The van der Waals surface area contributed by atoms with Crippen molar-refractivity contribution >= 4 is 11.7 Å². The number of carbonyl (C=O) groups is 1. The average Bonchev–Trinajstić information content (AvgIpc) is 3.53. The molecule has 1 unspecified atom stereocenters. The number of nitrogens with one attached hydrogen (secondary N) is 1. The number of aromatic nitrogens is 4. The van der Waals surface area contributed by atoms with E-state index in [-0.39, 0.29) is 11.9 Å². The highest BCUT2D eigenvalue weighted by Crippen LogP contribution is 2.37. The molecule has 41 heavy (non-hydrogen) atoms. The van der Waals surface area contributed by atoms with Crippen LogP contribution in [0.5, 0.6) is 5.75 Å². The van der Waals surface area contributed by atoms with Crippen molar-refractivity contribution in [2.45, 2.75) is 45.8 Å². The maximum atomic E-state index is 12.7. The fourth-order valence-electron chi connectivity index (χ4n) is 5.17. The first kappa shape index (κ1) is 27.6. The van der Waals surface area contributed by atoms with E-state index in [0.717, 1.165) is 41.5 Å². The number of benzene rings is 2. The highest BCUT2D eigenvalue weighted by Gasteiger charge is 2.40. The van der Waals surface area contributed by atoms with Gasteiger partial charge in [0.05, 0.1) is 19.0 Å². The molecule has 11 heteroatoms. The summed E-state index contributed by atoms with van der Waals surface area (Å²) in [6.07, 6.45) is 5.68. The molecule has 2 aromatic carbocycles. The summed E-state index contributed by atoms with van der Waals surface area (Å²) in [5, 5.41) is 14.2. The van der Waals surface area contributed by atoms with Crippen molar-refractivity contribution < 1.29 is 19.2 Å². The van der Waals surface area contributed by atoms with Crippen LogP contribution in [0.15, 0.2) is 75.9 Å². The molecule has 3 heterocycles. The number of hydrogen-bond acceptors (Lipinski definition) is 9. The van der Waals surface area contributed by atoms with Crippen LogP contribution >= 0.6 is 0 Å². The molecule has 0 saturated heterocycles. The van der Waals surface area contributed by atoms with Crippen LogP contribution in [0.3, 0.4) is 0 Å². The van der Waals surface area contributed by atoms with Gasteiger partial charge in [0.25, 0.3) is 0 Å². The van der Waals surface area contributed by atoms with Crippen LogP contribution in [0.1, 0.15) is 44.5 Å².